The van der Waals surface area contributed by atoms with Crippen LogP contribution in [0, 0.1) is 17.8 Å². The van der Waals surface area contributed by atoms with Gasteiger partial charge in [0, 0.05) is 42.9 Å². The Labute approximate surface area is 175 Å². The van der Waals surface area contributed by atoms with Crippen molar-refractivity contribution in [2.45, 2.75) is 31.9 Å². The Kier molecular flexibility index (Phi) is 4.65. The fraction of sp³-hybridized carbons (Fsp3) is 0.478. The fourth-order valence-corrected chi connectivity index (χ4v) is 5.16. The topological polar surface area (TPSA) is 73.0 Å². The number of aromatic nitrogens is 1. The summed E-state index contributed by atoms with van der Waals surface area (Å²) in [7, 11) is 0. The zero-order valence-corrected chi connectivity index (χ0v) is 17.3. The standard InChI is InChI=1S/C23H27FN4O2/c1-14(2)11-28-9-7-20-18(12-28)23(13-29-22(25)27-23)17-10-15(5-6-19(17)30-20)16-4-3-8-26-21(16)24/h3-6,8,10,14,18,20H,7,9,11-13H2,1-2H3,(H2,25,27)/t18-,20-,23+/m0/s1. The van der Waals surface area contributed by atoms with Crippen molar-refractivity contribution in [2.75, 3.05) is 26.2 Å². The number of pyridine rings is 1. The Balaban J connectivity index is 1.60. The highest BCUT2D eigenvalue weighted by Gasteiger charge is 2.55. The summed E-state index contributed by atoms with van der Waals surface area (Å²) < 4.78 is 26.5. The number of fused-ring (bicyclic) bond motifs is 4. The van der Waals surface area contributed by atoms with Crippen molar-refractivity contribution < 1.29 is 13.9 Å². The van der Waals surface area contributed by atoms with Crippen LogP contribution in [0.1, 0.15) is 25.8 Å². The number of halogens is 1. The number of hydrogen-bond donors (Lipinski definition) is 1. The first kappa shape index (κ1) is 19.3. The summed E-state index contributed by atoms with van der Waals surface area (Å²) in [6, 6.07) is 9.44. The molecule has 1 aromatic carbocycles. The Morgan fingerprint density at radius 3 is 2.93 bits per heavy atom. The molecule has 0 radical (unpaired) electrons. The Morgan fingerprint density at radius 1 is 1.33 bits per heavy atom. The average Bonchev–Trinajstić information content (AvgIpc) is 3.11. The first-order valence-corrected chi connectivity index (χ1v) is 10.6. The molecule has 2 N–H and O–H groups in total. The number of piperidine rings is 1. The van der Waals surface area contributed by atoms with Gasteiger partial charge in [0.25, 0.3) is 6.02 Å². The van der Waals surface area contributed by atoms with Gasteiger partial charge in [-0.05, 0) is 42.2 Å². The maximum absolute atomic E-state index is 14.4. The van der Waals surface area contributed by atoms with Gasteiger partial charge in [-0.1, -0.05) is 19.9 Å². The van der Waals surface area contributed by atoms with Crippen molar-refractivity contribution in [3.8, 4) is 16.9 Å². The SMILES string of the molecule is CC(C)CN1CC[C@@H]2Oc3ccc(-c4cccnc4F)cc3[C@]3(COC(N)=N3)[C@H]2C1. The van der Waals surface area contributed by atoms with Crippen LogP contribution in [0.25, 0.3) is 11.1 Å². The molecule has 4 heterocycles. The average molecular weight is 410 g/mol. The molecule has 7 heteroatoms. The number of rotatable bonds is 3. The zero-order valence-electron chi connectivity index (χ0n) is 17.3. The maximum Gasteiger partial charge on any atom is 0.283 e. The molecule has 3 aliphatic heterocycles. The van der Waals surface area contributed by atoms with E-state index >= 15 is 0 Å². The molecular formula is C23H27FN4O2. The van der Waals surface area contributed by atoms with Crippen LogP contribution in [0.5, 0.6) is 5.75 Å². The molecule has 0 bridgehead atoms. The third-order valence-corrected chi connectivity index (χ3v) is 6.41. The summed E-state index contributed by atoms with van der Waals surface area (Å²) >= 11 is 0. The van der Waals surface area contributed by atoms with E-state index in [2.05, 4.69) is 23.7 Å². The lowest BCUT2D eigenvalue weighted by atomic mass is 9.71. The lowest BCUT2D eigenvalue weighted by Crippen LogP contribution is -2.57. The van der Waals surface area contributed by atoms with Crippen molar-refractivity contribution >= 4 is 6.02 Å². The minimum atomic E-state index is -0.618. The molecule has 3 atom stereocenters. The summed E-state index contributed by atoms with van der Waals surface area (Å²) in [5.74, 6) is 0.992. The van der Waals surface area contributed by atoms with E-state index in [9.17, 15) is 4.39 Å². The van der Waals surface area contributed by atoms with Gasteiger partial charge in [-0.25, -0.2) is 9.98 Å². The van der Waals surface area contributed by atoms with Gasteiger partial charge >= 0.3 is 0 Å². The van der Waals surface area contributed by atoms with Crippen LogP contribution >= 0.6 is 0 Å². The molecule has 2 aromatic rings. The predicted octanol–water partition coefficient (Wildman–Crippen LogP) is 3.17. The second-order valence-electron chi connectivity index (χ2n) is 8.92. The highest BCUT2D eigenvalue weighted by Crippen LogP contribution is 2.51. The number of amidine groups is 1. The van der Waals surface area contributed by atoms with Crippen molar-refractivity contribution in [1.82, 2.24) is 9.88 Å². The van der Waals surface area contributed by atoms with E-state index in [1.807, 2.05) is 18.2 Å². The summed E-state index contributed by atoms with van der Waals surface area (Å²) in [4.78, 5) is 11.1. The van der Waals surface area contributed by atoms with E-state index in [1.54, 1.807) is 12.1 Å². The second-order valence-corrected chi connectivity index (χ2v) is 8.92. The summed E-state index contributed by atoms with van der Waals surface area (Å²) in [5, 5.41) is 0. The quantitative estimate of drug-likeness (QED) is 0.787. The summed E-state index contributed by atoms with van der Waals surface area (Å²) in [6.45, 7) is 7.76. The second kappa shape index (κ2) is 7.23. The predicted molar refractivity (Wildman–Crippen MR) is 113 cm³/mol. The third-order valence-electron chi connectivity index (χ3n) is 6.41. The van der Waals surface area contributed by atoms with Crippen molar-refractivity contribution in [1.29, 1.82) is 0 Å². The van der Waals surface area contributed by atoms with Crippen LogP contribution in [0.3, 0.4) is 0 Å². The maximum atomic E-state index is 14.4. The molecule has 1 saturated heterocycles. The number of nitrogens with two attached hydrogens (primary N) is 1. The van der Waals surface area contributed by atoms with E-state index in [0.29, 0.717) is 18.1 Å². The molecule has 5 rings (SSSR count). The van der Waals surface area contributed by atoms with E-state index in [4.69, 9.17) is 20.2 Å². The Morgan fingerprint density at radius 2 is 2.20 bits per heavy atom. The smallest absolute Gasteiger partial charge is 0.283 e. The van der Waals surface area contributed by atoms with Gasteiger partial charge in [0.1, 0.15) is 24.0 Å². The van der Waals surface area contributed by atoms with Crippen LogP contribution in [0.2, 0.25) is 0 Å². The number of ether oxygens (including phenoxy) is 2. The van der Waals surface area contributed by atoms with Gasteiger partial charge < -0.3 is 20.1 Å². The van der Waals surface area contributed by atoms with E-state index in [-0.39, 0.29) is 18.0 Å². The molecule has 1 aromatic heterocycles. The van der Waals surface area contributed by atoms with Crippen LogP contribution in [0.4, 0.5) is 4.39 Å². The number of aliphatic imine (C=N–C) groups is 1. The van der Waals surface area contributed by atoms with Gasteiger partial charge in [0.05, 0.1) is 0 Å². The largest absolute Gasteiger partial charge is 0.490 e. The van der Waals surface area contributed by atoms with Crippen molar-refractivity contribution in [3.05, 3.63) is 48.0 Å². The van der Waals surface area contributed by atoms with Crippen LogP contribution in [-0.2, 0) is 10.3 Å². The molecule has 0 amide bonds. The molecule has 1 spiro atoms. The van der Waals surface area contributed by atoms with Gasteiger partial charge in [-0.15, -0.1) is 0 Å². The van der Waals surface area contributed by atoms with Crippen LogP contribution < -0.4 is 10.5 Å². The van der Waals surface area contributed by atoms with E-state index in [0.717, 1.165) is 42.9 Å². The lowest BCUT2D eigenvalue weighted by molar-refractivity contribution is -0.0259. The van der Waals surface area contributed by atoms with Crippen molar-refractivity contribution in [3.63, 3.8) is 0 Å². The Hall–Kier alpha value is -2.67. The summed E-state index contributed by atoms with van der Waals surface area (Å²) in [6.07, 6.45) is 2.45. The molecule has 30 heavy (non-hydrogen) atoms. The number of benzene rings is 1. The van der Waals surface area contributed by atoms with Gasteiger partial charge in [0.2, 0.25) is 5.95 Å². The molecule has 0 aliphatic carbocycles. The fourth-order valence-electron chi connectivity index (χ4n) is 5.16. The monoisotopic (exact) mass is 410 g/mol. The number of nitrogens with zero attached hydrogens (tertiary/aromatic N) is 3. The lowest BCUT2D eigenvalue weighted by Gasteiger charge is -2.49. The van der Waals surface area contributed by atoms with Gasteiger partial charge in [0.15, 0.2) is 0 Å². The first-order valence-electron chi connectivity index (χ1n) is 10.6. The van der Waals surface area contributed by atoms with E-state index < -0.39 is 11.5 Å². The van der Waals surface area contributed by atoms with E-state index in [1.165, 1.54) is 6.20 Å². The highest BCUT2D eigenvalue weighted by atomic mass is 19.1. The zero-order chi connectivity index (χ0) is 20.9. The molecule has 6 nitrogen and oxygen atoms in total. The highest BCUT2D eigenvalue weighted by molar-refractivity contribution is 5.75. The number of hydrogen-bond acceptors (Lipinski definition) is 6. The molecule has 158 valence electrons. The van der Waals surface area contributed by atoms with Crippen LogP contribution in [-0.4, -0.2) is 48.3 Å². The summed E-state index contributed by atoms with van der Waals surface area (Å²) in [5.41, 5.74) is 7.51. The molecule has 0 saturated carbocycles. The minimum absolute atomic E-state index is 0.0557. The molecule has 0 unspecified atom stereocenters. The normalized spacial score (nSPS) is 27.9. The minimum Gasteiger partial charge on any atom is -0.490 e. The third kappa shape index (κ3) is 3.12. The van der Waals surface area contributed by atoms with Gasteiger partial charge in [-0.2, -0.15) is 4.39 Å². The van der Waals surface area contributed by atoms with Crippen LogP contribution in [0.15, 0.2) is 41.5 Å². The molecular weight excluding hydrogens is 383 g/mol. The van der Waals surface area contributed by atoms with Crippen molar-refractivity contribution in [2.24, 2.45) is 22.6 Å². The first-order chi connectivity index (χ1) is 14.5. The number of likely N-dealkylation sites (tertiary alicyclic amines) is 1. The Bertz CT molecular complexity index is 995. The van der Waals surface area contributed by atoms with Gasteiger partial charge in [-0.3, -0.25) is 0 Å². The molecule has 3 aliphatic rings. The molecule has 1 fully saturated rings.